The molecular weight excluding hydrogens is 223 g/mol. The lowest BCUT2D eigenvalue weighted by Crippen LogP contribution is -2.16. The summed E-state index contributed by atoms with van der Waals surface area (Å²) in [4.78, 5) is 3.87. The van der Waals surface area contributed by atoms with E-state index in [0.717, 1.165) is 0 Å². The summed E-state index contributed by atoms with van der Waals surface area (Å²) < 4.78 is 15.0. The molecule has 1 aromatic rings. The molecule has 64 valence electrons. The zero-order chi connectivity index (χ0) is 9.14. The Morgan fingerprint density at radius 1 is 1.75 bits per heavy atom. The van der Waals surface area contributed by atoms with E-state index < -0.39 is 0 Å². The van der Waals surface area contributed by atoms with E-state index in [1.807, 2.05) is 0 Å². The molecule has 4 heteroatoms. The van der Waals surface area contributed by atoms with Crippen LogP contribution in [0.25, 0.3) is 6.20 Å². The highest BCUT2D eigenvalue weighted by atomic mass is 79.9. The second-order valence-corrected chi connectivity index (χ2v) is 3.00. The Kier molecular flexibility index (Phi) is 2.81. The van der Waals surface area contributed by atoms with Gasteiger partial charge in [-0.05, 0) is 15.9 Å². The second kappa shape index (κ2) is 3.67. The van der Waals surface area contributed by atoms with Crippen molar-refractivity contribution in [3.05, 3.63) is 34.6 Å². The van der Waals surface area contributed by atoms with E-state index in [1.165, 1.54) is 6.07 Å². The maximum Gasteiger partial charge on any atom is 0.142 e. The van der Waals surface area contributed by atoms with Crippen molar-refractivity contribution in [3.8, 4) is 0 Å². The predicted octanol–water partition coefficient (Wildman–Crippen LogP) is 2.02. The van der Waals surface area contributed by atoms with Crippen molar-refractivity contribution in [2.24, 2.45) is 4.99 Å². The van der Waals surface area contributed by atoms with Gasteiger partial charge in [0.25, 0.3) is 0 Å². The fourth-order valence-corrected chi connectivity index (χ4v) is 1.17. The van der Waals surface area contributed by atoms with Gasteiger partial charge in [-0.1, -0.05) is 6.58 Å². The van der Waals surface area contributed by atoms with Crippen molar-refractivity contribution in [2.75, 3.05) is 7.05 Å². The first-order chi connectivity index (χ1) is 5.69. The van der Waals surface area contributed by atoms with Crippen molar-refractivity contribution < 1.29 is 4.39 Å². The van der Waals surface area contributed by atoms with Gasteiger partial charge in [0.2, 0.25) is 0 Å². The van der Waals surface area contributed by atoms with Crippen molar-refractivity contribution >= 4 is 22.1 Å². The van der Waals surface area contributed by atoms with Gasteiger partial charge in [0.15, 0.2) is 0 Å². The fraction of sp³-hybridized carbons (Fsp3) is 0.125. The molecule has 0 radical (unpaired) electrons. The SMILES string of the molecule is C=Cn1cc(Br)c(F)cc1=NC. The first-order valence-corrected chi connectivity index (χ1v) is 4.11. The van der Waals surface area contributed by atoms with E-state index in [4.69, 9.17) is 0 Å². The molecule has 0 aliphatic heterocycles. The number of hydrogen-bond donors (Lipinski definition) is 0. The Labute approximate surface area is 78.2 Å². The minimum Gasteiger partial charge on any atom is -0.308 e. The van der Waals surface area contributed by atoms with Gasteiger partial charge in [-0.25, -0.2) is 4.39 Å². The molecular formula is C8H8BrFN2. The van der Waals surface area contributed by atoms with Crippen LogP contribution in [0.1, 0.15) is 0 Å². The van der Waals surface area contributed by atoms with Gasteiger partial charge in [-0.2, -0.15) is 0 Å². The number of pyridine rings is 1. The number of halogens is 2. The lowest BCUT2D eigenvalue weighted by atomic mass is 10.4. The highest BCUT2D eigenvalue weighted by Crippen LogP contribution is 2.11. The quantitative estimate of drug-likeness (QED) is 0.703. The van der Waals surface area contributed by atoms with Gasteiger partial charge in [-0.15, -0.1) is 0 Å². The van der Waals surface area contributed by atoms with Gasteiger partial charge in [0, 0.05) is 25.5 Å². The van der Waals surface area contributed by atoms with Gasteiger partial charge in [0.05, 0.1) is 4.47 Å². The van der Waals surface area contributed by atoms with E-state index in [2.05, 4.69) is 27.5 Å². The number of rotatable bonds is 1. The molecule has 1 aromatic heterocycles. The third-order valence-electron chi connectivity index (χ3n) is 1.43. The van der Waals surface area contributed by atoms with E-state index >= 15 is 0 Å². The van der Waals surface area contributed by atoms with Crippen molar-refractivity contribution in [1.82, 2.24) is 4.57 Å². The minimum absolute atomic E-state index is 0.325. The third-order valence-corrected chi connectivity index (χ3v) is 2.01. The van der Waals surface area contributed by atoms with Crippen LogP contribution in [0.3, 0.4) is 0 Å². The van der Waals surface area contributed by atoms with E-state index in [1.54, 1.807) is 24.0 Å². The Morgan fingerprint density at radius 3 is 2.92 bits per heavy atom. The van der Waals surface area contributed by atoms with Crippen LogP contribution in [0.5, 0.6) is 0 Å². The third kappa shape index (κ3) is 1.64. The summed E-state index contributed by atoms with van der Waals surface area (Å²) in [5, 5.41) is 0. The first-order valence-electron chi connectivity index (χ1n) is 3.31. The summed E-state index contributed by atoms with van der Waals surface area (Å²) >= 11 is 3.06. The predicted molar refractivity (Wildman–Crippen MR) is 50.0 cm³/mol. The Morgan fingerprint density at radius 2 is 2.42 bits per heavy atom. The van der Waals surface area contributed by atoms with Crippen LogP contribution >= 0.6 is 15.9 Å². The molecule has 0 fully saturated rings. The van der Waals surface area contributed by atoms with E-state index in [0.29, 0.717) is 9.96 Å². The summed E-state index contributed by atoms with van der Waals surface area (Å²) in [7, 11) is 1.60. The molecule has 0 aliphatic rings. The zero-order valence-corrected chi connectivity index (χ0v) is 8.18. The standard InChI is InChI=1S/C8H8BrFN2/c1-3-12-5-6(9)7(10)4-8(12)11-2/h3-5H,1H2,2H3. The smallest absolute Gasteiger partial charge is 0.142 e. The molecule has 0 saturated carbocycles. The summed E-state index contributed by atoms with van der Waals surface area (Å²) in [5.74, 6) is -0.325. The van der Waals surface area contributed by atoms with Crippen molar-refractivity contribution in [1.29, 1.82) is 0 Å². The molecule has 1 heterocycles. The topological polar surface area (TPSA) is 17.3 Å². The van der Waals surface area contributed by atoms with Crippen LogP contribution < -0.4 is 5.49 Å². The average molecular weight is 231 g/mol. The number of nitrogens with zero attached hydrogens (tertiary/aromatic N) is 2. The fourth-order valence-electron chi connectivity index (χ4n) is 0.833. The maximum absolute atomic E-state index is 12.9. The Bertz CT molecular complexity index is 368. The molecule has 0 bridgehead atoms. The zero-order valence-electron chi connectivity index (χ0n) is 6.59. The normalized spacial score (nSPS) is 11.8. The average Bonchev–Trinajstić information content (AvgIpc) is 2.09. The van der Waals surface area contributed by atoms with Gasteiger partial charge in [0.1, 0.15) is 11.3 Å². The monoisotopic (exact) mass is 230 g/mol. The van der Waals surface area contributed by atoms with Crippen LogP contribution in [0.15, 0.2) is 28.3 Å². The first kappa shape index (κ1) is 9.19. The molecule has 0 saturated heterocycles. The molecule has 2 nitrogen and oxygen atoms in total. The van der Waals surface area contributed by atoms with E-state index in [9.17, 15) is 4.39 Å². The van der Waals surface area contributed by atoms with Crippen LogP contribution in [0.4, 0.5) is 4.39 Å². The highest BCUT2D eigenvalue weighted by Gasteiger charge is 1.99. The summed E-state index contributed by atoms with van der Waals surface area (Å²) in [6.45, 7) is 3.57. The molecule has 0 aromatic carbocycles. The van der Waals surface area contributed by atoms with E-state index in [-0.39, 0.29) is 5.82 Å². The minimum atomic E-state index is -0.325. The molecule has 0 spiro atoms. The van der Waals surface area contributed by atoms with Crippen LogP contribution in [0.2, 0.25) is 0 Å². The van der Waals surface area contributed by atoms with Crippen LogP contribution in [-0.4, -0.2) is 11.6 Å². The molecule has 0 atom stereocenters. The molecule has 1 rings (SSSR count). The molecule has 0 unspecified atom stereocenters. The van der Waals surface area contributed by atoms with Crippen molar-refractivity contribution in [2.45, 2.75) is 0 Å². The summed E-state index contributed by atoms with van der Waals surface area (Å²) in [6, 6.07) is 1.34. The number of aromatic nitrogens is 1. The van der Waals surface area contributed by atoms with Crippen LogP contribution in [-0.2, 0) is 0 Å². The highest BCUT2D eigenvalue weighted by molar-refractivity contribution is 9.10. The Hall–Kier alpha value is -0.900. The lowest BCUT2D eigenvalue weighted by Gasteiger charge is -2.01. The van der Waals surface area contributed by atoms with Gasteiger partial charge in [-0.3, -0.25) is 4.99 Å². The summed E-state index contributed by atoms with van der Waals surface area (Å²) in [5.41, 5.74) is 0.533. The van der Waals surface area contributed by atoms with Crippen molar-refractivity contribution in [3.63, 3.8) is 0 Å². The number of hydrogen-bond acceptors (Lipinski definition) is 1. The molecule has 12 heavy (non-hydrogen) atoms. The molecule has 0 aliphatic carbocycles. The van der Waals surface area contributed by atoms with Gasteiger partial charge < -0.3 is 4.57 Å². The summed E-state index contributed by atoms with van der Waals surface area (Å²) in [6.07, 6.45) is 3.14. The molecule has 0 amide bonds. The lowest BCUT2D eigenvalue weighted by molar-refractivity contribution is 0.612. The van der Waals surface area contributed by atoms with Gasteiger partial charge >= 0.3 is 0 Å². The second-order valence-electron chi connectivity index (χ2n) is 2.14. The molecule has 0 N–H and O–H groups in total. The van der Waals surface area contributed by atoms with Crippen LogP contribution in [0, 0.1) is 5.82 Å². The Balaban J connectivity index is 3.50. The largest absolute Gasteiger partial charge is 0.308 e. The maximum atomic E-state index is 12.9.